The summed E-state index contributed by atoms with van der Waals surface area (Å²) in [6.07, 6.45) is 1.99. The number of hydrogen-bond donors (Lipinski definition) is 2. The summed E-state index contributed by atoms with van der Waals surface area (Å²) in [7, 11) is 0. The number of rotatable bonds is 3. The van der Waals surface area contributed by atoms with E-state index in [0.717, 1.165) is 30.7 Å². The highest BCUT2D eigenvalue weighted by atomic mass is 16.5. The molecule has 1 aromatic heterocycles. The van der Waals surface area contributed by atoms with Crippen LogP contribution in [-0.4, -0.2) is 30.1 Å². The largest absolute Gasteiger partial charge is 0.379 e. The van der Waals surface area contributed by atoms with Gasteiger partial charge in [-0.25, -0.2) is 0 Å². The number of carbonyl (C=O) groups is 1. The summed E-state index contributed by atoms with van der Waals surface area (Å²) in [6, 6.07) is 13.8. The zero-order valence-electron chi connectivity index (χ0n) is 11.3. The maximum absolute atomic E-state index is 12.2. The first-order valence-corrected chi connectivity index (χ1v) is 6.96. The first kappa shape index (κ1) is 12.9. The number of aromatic nitrogens is 1. The van der Waals surface area contributed by atoms with Crippen LogP contribution in [0.5, 0.6) is 0 Å². The number of amides is 1. The van der Waals surface area contributed by atoms with Crippen molar-refractivity contribution < 1.29 is 9.53 Å². The van der Waals surface area contributed by atoms with Crippen LogP contribution in [0.3, 0.4) is 0 Å². The zero-order chi connectivity index (χ0) is 13.8. The molecule has 2 aromatic rings. The van der Waals surface area contributed by atoms with E-state index in [1.165, 1.54) is 0 Å². The van der Waals surface area contributed by atoms with E-state index in [9.17, 15) is 4.79 Å². The topological polar surface area (TPSA) is 54.1 Å². The lowest BCUT2D eigenvalue weighted by molar-refractivity contribution is 0.0622. The molecular formula is C16H18N2O2. The van der Waals surface area contributed by atoms with Crippen LogP contribution in [-0.2, 0) is 4.74 Å². The minimum Gasteiger partial charge on any atom is -0.379 e. The van der Waals surface area contributed by atoms with Gasteiger partial charge in [0.25, 0.3) is 5.91 Å². The molecule has 0 spiro atoms. The number of H-pyrrole nitrogens is 1. The molecule has 1 amide bonds. The molecule has 0 unspecified atom stereocenters. The van der Waals surface area contributed by atoms with E-state index in [0.29, 0.717) is 12.3 Å². The Labute approximate surface area is 118 Å². The Hall–Kier alpha value is -2.07. The van der Waals surface area contributed by atoms with Gasteiger partial charge in [-0.15, -0.1) is 0 Å². The van der Waals surface area contributed by atoms with E-state index in [2.05, 4.69) is 10.3 Å². The number of nitrogens with one attached hydrogen (secondary N) is 2. The second kappa shape index (κ2) is 5.92. The Morgan fingerprint density at radius 3 is 2.80 bits per heavy atom. The smallest absolute Gasteiger partial charge is 0.268 e. The molecule has 1 fully saturated rings. The third-order valence-electron chi connectivity index (χ3n) is 3.51. The van der Waals surface area contributed by atoms with Gasteiger partial charge in [0.1, 0.15) is 5.69 Å². The predicted octanol–water partition coefficient (Wildman–Crippen LogP) is 2.59. The molecular weight excluding hydrogens is 252 g/mol. The van der Waals surface area contributed by atoms with Crippen LogP contribution < -0.4 is 5.32 Å². The van der Waals surface area contributed by atoms with E-state index >= 15 is 0 Å². The number of aromatic amines is 1. The van der Waals surface area contributed by atoms with Crippen molar-refractivity contribution in [2.45, 2.75) is 18.9 Å². The highest BCUT2D eigenvalue weighted by Crippen LogP contribution is 2.18. The quantitative estimate of drug-likeness (QED) is 0.900. The third-order valence-corrected chi connectivity index (χ3v) is 3.51. The third kappa shape index (κ3) is 2.91. The molecule has 1 saturated heterocycles. The van der Waals surface area contributed by atoms with Gasteiger partial charge in [0.15, 0.2) is 0 Å². The number of benzene rings is 1. The Morgan fingerprint density at radius 2 is 2.05 bits per heavy atom. The lowest BCUT2D eigenvalue weighted by Crippen LogP contribution is -2.40. The van der Waals surface area contributed by atoms with E-state index in [4.69, 9.17) is 4.74 Å². The van der Waals surface area contributed by atoms with E-state index in [1.54, 1.807) is 0 Å². The molecule has 4 heteroatoms. The lowest BCUT2D eigenvalue weighted by Gasteiger charge is -2.22. The van der Waals surface area contributed by atoms with E-state index in [-0.39, 0.29) is 11.9 Å². The normalized spacial score (nSPS) is 18.7. The highest BCUT2D eigenvalue weighted by Gasteiger charge is 2.18. The molecule has 2 heterocycles. The Kier molecular flexibility index (Phi) is 3.83. The molecule has 4 nitrogen and oxygen atoms in total. The summed E-state index contributed by atoms with van der Waals surface area (Å²) < 4.78 is 5.37. The van der Waals surface area contributed by atoms with Crippen molar-refractivity contribution in [1.29, 1.82) is 0 Å². The van der Waals surface area contributed by atoms with Crippen molar-refractivity contribution in [3.8, 4) is 11.3 Å². The maximum atomic E-state index is 12.2. The average Bonchev–Trinajstić information content (AvgIpc) is 2.99. The highest BCUT2D eigenvalue weighted by molar-refractivity contribution is 5.93. The van der Waals surface area contributed by atoms with Crippen molar-refractivity contribution in [3.63, 3.8) is 0 Å². The monoisotopic (exact) mass is 270 g/mol. The number of ether oxygens (including phenoxy) is 1. The van der Waals surface area contributed by atoms with Gasteiger partial charge in [0.2, 0.25) is 0 Å². The molecule has 0 aliphatic carbocycles. The van der Waals surface area contributed by atoms with Crippen LogP contribution >= 0.6 is 0 Å². The minimum atomic E-state index is -0.0670. The van der Waals surface area contributed by atoms with Gasteiger partial charge in [-0.05, 0) is 30.5 Å². The van der Waals surface area contributed by atoms with Crippen molar-refractivity contribution in [1.82, 2.24) is 10.3 Å². The fraction of sp³-hybridized carbons (Fsp3) is 0.312. The SMILES string of the molecule is O=C(N[C@@H]1CCCOC1)c1ccc(-c2ccccc2)[nH]1. The second-order valence-corrected chi connectivity index (χ2v) is 5.04. The molecule has 104 valence electrons. The standard InChI is InChI=1S/C16H18N2O2/c19-16(17-13-7-4-10-20-11-13)15-9-8-14(18-15)12-5-2-1-3-6-12/h1-3,5-6,8-9,13,18H,4,7,10-11H2,(H,17,19)/t13-/m1/s1. The predicted molar refractivity (Wildman–Crippen MR) is 77.5 cm³/mol. The summed E-state index contributed by atoms with van der Waals surface area (Å²) in [5.41, 5.74) is 2.62. The van der Waals surface area contributed by atoms with Crippen LogP contribution in [0.25, 0.3) is 11.3 Å². The fourth-order valence-electron chi connectivity index (χ4n) is 2.43. The van der Waals surface area contributed by atoms with E-state index < -0.39 is 0 Å². The molecule has 0 saturated carbocycles. The van der Waals surface area contributed by atoms with Crippen molar-refractivity contribution in [2.75, 3.05) is 13.2 Å². The summed E-state index contributed by atoms with van der Waals surface area (Å²) in [6.45, 7) is 1.41. The molecule has 0 radical (unpaired) electrons. The molecule has 0 bridgehead atoms. The van der Waals surface area contributed by atoms with Gasteiger partial charge in [-0.2, -0.15) is 0 Å². The second-order valence-electron chi connectivity index (χ2n) is 5.04. The average molecular weight is 270 g/mol. The summed E-state index contributed by atoms with van der Waals surface area (Å²) >= 11 is 0. The van der Waals surface area contributed by atoms with Crippen LogP contribution in [0.4, 0.5) is 0 Å². The van der Waals surface area contributed by atoms with Crippen LogP contribution in [0.2, 0.25) is 0 Å². The van der Waals surface area contributed by atoms with Gasteiger partial charge >= 0.3 is 0 Å². The van der Waals surface area contributed by atoms with Crippen molar-refractivity contribution in [2.24, 2.45) is 0 Å². The number of hydrogen-bond acceptors (Lipinski definition) is 2. The Bertz CT molecular complexity index is 571. The van der Waals surface area contributed by atoms with Crippen molar-refractivity contribution >= 4 is 5.91 Å². The molecule has 3 rings (SSSR count). The van der Waals surface area contributed by atoms with Gasteiger partial charge in [0, 0.05) is 12.3 Å². The van der Waals surface area contributed by atoms with Gasteiger partial charge in [-0.1, -0.05) is 30.3 Å². The van der Waals surface area contributed by atoms with Crippen LogP contribution in [0.1, 0.15) is 23.3 Å². The minimum absolute atomic E-state index is 0.0670. The molecule has 2 N–H and O–H groups in total. The zero-order valence-corrected chi connectivity index (χ0v) is 11.3. The van der Waals surface area contributed by atoms with Gasteiger partial charge in [-0.3, -0.25) is 4.79 Å². The number of carbonyl (C=O) groups excluding carboxylic acids is 1. The first-order valence-electron chi connectivity index (χ1n) is 6.96. The molecule has 1 aliphatic rings. The molecule has 1 atom stereocenters. The van der Waals surface area contributed by atoms with Crippen LogP contribution in [0.15, 0.2) is 42.5 Å². The van der Waals surface area contributed by atoms with Gasteiger partial charge < -0.3 is 15.0 Å². The summed E-state index contributed by atoms with van der Waals surface area (Å²) in [4.78, 5) is 15.3. The lowest BCUT2D eigenvalue weighted by atomic mass is 10.1. The summed E-state index contributed by atoms with van der Waals surface area (Å²) in [5.74, 6) is -0.0670. The fourth-order valence-corrected chi connectivity index (χ4v) is 2.43. The van der Waals surface area contributed by atoms with Crippen molar-refractivity contribution in [3.05, 3.63) is 48.2 Å². The van der Waals surface area contributed by atoms with E-state index in [1.807, 2.05) is 42.5 Å². The van der Waals surface area contributed by atoms with Gasteiger partial charge in [0.05, 0.1) is 12.6 Å². The Morgan fingerprint density at radius 1 is 1.20 bits per heavy atom. The Balaban J connectivity index is 1.68. The molecule has 1 aliphatic heterocycles. The van der Waals surface area contributed by atoms with Crippen LogP contribution in [0, 0.1) is 0 Å². The maximum Gasteiger partial charge on any atom is 0.268 e. The molecule has 1 aromatic carbocycles. The first-order chi connectivity index (χ1) is 9.83. The summed E-state index contributed by atoms with van der Waals surface area (Å²) in [5, 5.41) is 3.00. The molecule has 20 heavy (non-hydrogen) atoms.